The number of rotatable bonds is 2. The van der Waals surface area contributed by atoms with Crippen LogP contribution in [0.25, 0.3) is 0 Å². The first-order chi connectivity index (χ1) is 7.61. The van der Waals surface area contributed by atoms with E-state index in [9.17, 15) is 4.79 Å². The summed E-state index contributed by atoms with van der Waals surface area (Å²) in [6, 6.07) is 9.71. The highest BCUT2D eigenvalue weighted by Gasteiger charge is 2.30. The predicted molar refractivity (Wildman–Crippen MR) is 66.4 cm³/mol. The molecular weight excluding hydrogens is 222 g/mol. The Morgan fingerprint density at radius 3 is 2.50 bits per heavy atom. The first-order valence-electron chi connectivity index (χ1n) is 4.88. The zero-order valence-corrected chi connectivity index (χ0v) is 9.70. The Hall–Kier alpha value is -1.46. The van der Waals surface area contributed by atoms with Crippen molar-refractivity contribution in [2.75, 3.05) is 4.90 Å². The minimum Gasteiger partial charge on any atom is -0.365 e. The van der Waals surface area contributed by atoms with E-state index in [-0.39, 0.29) is 5.50 Å². The highest BCUT2D eigenvalue weighted by molar-refractivity contribution is 8.04. The predicted octanol–water partition coefficient (Wildman–Crippen LogP) is 1.20. The molecule has 1 aliphatic rings. The Morgan fingerprint density at radius 2 is 2.00 bits per heavy atom. The van der Waals surface area contributed by atoms with E-state index in [0.717, 1.165) is 11.4 Å². The molecule has 0 saturated heterocycles. The van der Waals surface area contributed by atoms with Crippen molar-refractivity contribution >= 4 is 23.4 Å². The van der Waals surface area contributed by atoms with Gasteiger partial charge in [0.15, 0.2) is 0 Å². The normalized spacial score (nSPS) is 20.4. The molecule has 16 heavy (non-hydrogen) atoms. The maximum absolute atomic E-state index is 11.2. The number of anilines is 1. The quantitative estimate of drug-likeness (QED) is 0.808. The maximum atomic E-state index is 11.2. The first-order valence-corrected chi connectivity index (χ1v) is 5.76. The summed E-state index contributed by atoms with van der Waals surface area (Å²) in [7, 11) is 0. The Morgan fingerprint density at radius 1 is 1.38 bits per heavy atom. The second-order valence-electron chi connectivity index (χ2n) is 3.49. The molecule has 1 atom stereocenters. The van der Waals surface area contributed by atoms with E-state index in [0.29, 0.717) is 4.91 Å². The molecule has 1 heterocycles. The van der Waals surface area contributed by atoms with Crippen LogP contribution in [-0.2, 0) is 4.79 Å². The molecule has 0 fully saturated rings. The summed E-state index contributed by atoms with van der Waals surface area (Å²) in [5.74, 6) is -0.420. The fourth-order valence-electron chi connectivity index (χ4n) is 1.72. The third-order valence-corrected chi connectivity index (χ3v) is 3.63. The monoisotopic (exact) mass is 235 g/mol. The lowest BCUT2D eigenvalue weighted by Gasteiger charge is -2.24. The second-order valence-corrected chi connectivity index (χ2v) is 4.62. The fourth-order valence-corrected chi connectivity index (χ4v) is 2.74. The summed E-state index contributed by atoms with van der Waals surface area (Å²) < 4.78 is 0. The molecule has 0 radical (unpaired) electrons. The molecule has 0 aliphatic carbocycles. The van der Waals surface area contributed by atoms with Crippen LogP contribution in [-0.4, -0.2) is 11.4 Å². The Balaban J connectivity index is 2.39. The van der Waals surface area contributed by atoms with Gasteiger partial charge in [-0.3, -0.25) is 4.79 Å². The van der Waals surface area contributed by atoms with E-state index >= 15 is 0 Å². The first kappa shape index (κ1) is 11.0. The highest BCUT2D eigenvalue weighted by atomic mass is 32.2. The van der Waals surface area contributed by atoms with Gasteiger partial charge in [-0.15, -0.1) is 0 Å². The molecule has 4 nitrogen and oxygen atoms in total. The lowest BCUT2D eigenvalue weighted by Crippen LogP contribution is -2.34. The number of primary amides is 1. The summed E-state index contributed by atoms with van der Waals surface area (Å²) >= 11 is 1.29. The van der Waals surface area contributed by atoms with Crippen LogP contribution >= 0.6 is 11.8 Å². The third kappa shape index (κ3) is 1.79. The smallest absolute Gasteiger partial charge is 0.257 e. The van der Waals surface area contributed by atoms with Crippen LogP contribution in [0.1, 0.15) is 6.92 Å². The lowest BCUT2D eigenvalue weighted by atomic mass is 10.2. The zero-order chi connectivity index (χ0) is 11.7. The van der Waals surface area contributed by atoms with Crippen LogP contribution in [0.2, 0.25) is 0 Å². The molecule has 1 aliphatic heterocycles. The second kappa shape index (κ2) is 4.19. The molecule has 5 heteroatoms. The molecule has 1 aromatic carbocycles. The number of carbonyl (C=O) groups is 1. The molecule has 84 valence electrons. The summed E-state index contributed by atoms with van der Waals surface area (Å²) in [6.45, 7) is 1.85. The molecule has 2 rings (SSSR count). The minimum absolute atomic E-state index is 0.287. The molecule has 0 spiro atoms. The van der Waals surface area contributed by atoms with Gasteiger partial charge in [-0.1, -0.05) is 30.0 Å². The molecule has 1 amide bonds. The standard InChI is InChI=1S/C11H13N3OS/c1-7-9(10(12)15)16-11(13)14(7)8-5-3-2-4-6-8/h2-6,11H,13H2,1H3,(H2,12,15). The van der Waals surface area contributed by atoms with Crippen molar-refractivity contribution in [3.8, 4) is 0 Å². The molecule has 0 aromatic heterocycles. The van der Waals surface area contributed by atoms with Gasteiger partial charge in [-0.05, 0) is 19.1 Å². The van der Waals surface area contributed by atoms with Crippen LogP contribution in [0.3, 0.4) is 0 Å². The van der Waals surface area contributed by atoms with E-state index in [4.69, 9.17) is 11.5 Å². The van der Waals surface area contributed by atoms with Gasteiger partial charge in [0.2, 0.25) is 0 Å². The van der Waals surface area contributed by atoms with Crippen molar-refractivity contribution in [2.24, 2.45) is 11.5 Å². The Kier molecular flexibility index (Phi) is 2.89. The number of carbonyl (C=O) groups excluding carboxylic acids is 1. The van der Waals surface area contributed by atoms with Crippen molar-refractivity contribution in [3.05, 3.63) is 40.9 Å². The van der Waals surface area contributed by atoms with E-state index in [1.54, 1.807) is 0 Å². The number of allylic oxidation sites excluding steroid dienone is 1. The summed E-state index contributed by atoms with van der Waals surface area (Å²) in [4.78, 5) is 13.6. The molecule has 0 saturated carbocycles. The maximum Gasteiger partial charge on any atom is 0.257 e. The number of nitrogens with zero attached hydrogens (tertiary/aromatic N) is 1. The zero-order valence-electron chi connectivity index (χ0n) is 8.88. The summed E-state index contributed by atoms with van der Waals surface area (Å²) in [5.41, 5.74) is 12.8. The van der Waals surface area contributed by atoms with Gasteiger partial charge in [0.05, 0.1) is 4.91 Å². The fraction of sp³-hybridized carbons (Fsp3) is 0.182. The average Bonchev–Trinajstić information content (AvgIpc) is 2.56. The van der Waals surface area contributed by atoms with Crippen LogP contribution in [0.4, 0.5) is 5.69 Å². The molecule has 1 aromatic rings. The number of benzene rings is 1. The van der Waals surface area contributed by atoms with Crippen LogP contribution in [0.5, 0.6) is 0 Å². The third-order valence-electron chi connectivity index (χ3n) is 2.44. The minimum atomic E-state index is -0.420. The van der Waals surface area contributed by atoms with Crippen molar-refractivity contribution in [3.63, 3.8) is 0 Å². The van der Waals surface area contributed by atoms with E-state index in [1.165, 1.54) is 11.8 Å². The van der Waals surface area contributed by atoms with Gasteiger partial charge in [-0.25, -0.2) is 0 Å². The largest absolute Gasteiger partial charge is 0.365 e. The van der Waals surface area contributed by atoms with Crippen LogP contribution in [0.15, 0.2) is 40.9 Å². The SMILES string of the molecule is CC1=C(C(N)=O)SC(N)N1c1ccccc1. The number of amides is 1. The van der Waals surface area contributed by atoms with E-state index in [2.05, 4.69) is 0 Å². The molecule has 4 N–H and O–H groups in total. The van der Waals surface area contributed by atoms with E-state index < -0.39 is 5.91 Å². The van der Waals surface area contributed by atoms with Crippen molar-refractivity contribution in [2.45, 2.75) is 12.4 Å². The number of para-hydroxylation sites is 1. The van der Waals surface area contributed by atoms with Gasteiger partial charge < -0.3 is 16.4 Å². The van der Waals surface area contributed by atoms with Gasteiger partial charge in [-0.2, -0.15) is 0 Å². The van der Waals surface area contributed by atoms with Crippen molar-refractivity contribution in [1.82, 2.24) is 0 Å². The average molecular weight is 235 g/mol. The van der Waals surface area contributed by atoms with Crippen molar-refractivity contribution < 1.29 is 4.79 Å². The summed E-state index contributed by atoms with van der Waals surface area (Å²) in [6.07, 6.45) is 0. The van der Waals surface area contributed by atoms with Gasteiger partial charge >= 0.3 is 0 Å². The summed E-state index contributed by atoms with van der Waals surface area (Å²) in [5, 5.41) is 0. The van der Waals surface area contributed by atoms with Gasteiger partial charge in [0, 0.05) is 11.4 Å². The Labute approximate surface area is 98.3 Å². The highest BCUT2D eigenvalue weighted by Crippen LogP contribution is 2.38. The van der Waals surface area contributed by atoms with Crippen LogP contribution in [0, 0.1) is 0 Å². The number of hydrogen-bond acceptors (Lipinski definition) is 4. The number of nitrogens with two attached hydrogens (primary N) is 2. The van der Waals surface area contributed by atoms with Crippen LogP contribution < -0.4 is 16.4 Å². The number of hydrogen-bond donors (Lipinski definition) is 2. The number of thioether (sulfide) groups is 1. The molecule has 1 unspecified atom stereocenters. The van der Waals surface area contributed by atoms with Gasteiger partial charge in [0.25, 0.3) is 5.91 Å². The molecular formula is C11H13N3OS. The van der Waals surface area contributed by atoms with E-state index in [1.807, 2.05) is 42.2 Å². The van der Waals surface area contributed by atoms with Crippen molar-refractivity contribution in [1.29, 1.82) is 0 Å². The van der Waals surface area contributed by atoms with Gasteiger partial charge in [0.1, 0.15) is 5.50 Å². The lowest BCUT2D eigenvalue weighted by molar-refractivity contribution is -0.113. The topological polar surface area (TPSA) is 72.3 Å². The molecule has 0 bridgehead atoms. The Bertz CT molecular complexity index is 444.